The molecular weight excluding hydrogens is 379 g/mol. The molecule has 0 aliphatic heterocycles. The van der Waals surface area contributed by atoms with Gasteiger partial charge in [-0.05, 0) is 18.2 Å². The number of hydrogen-bond donors (Lipinski definition) is 0. The molecule has 2 heterocycles. The van der Waals surface area contributed by atoms with Crippen LogP contribution in [0.5, 0.6) is 0 Å². The Labute approximate surface area is 138 Å². The first-order valence-electron chi connectivity index (χ1n) is 5.66. The first-order valence-corrected chi connectivity index (χ1v) is 8.09. The quantitative estimate of drug-likeness (QED) is 0.545. The number of halogens is 3. The van der Waals surface area contributed by atoms with E-state index in [0.717, 1.165) is 20.7 Å². The molecule has 0 N–H and O–H groups in total. The van der Waals surface area contributed by atoms with Crippen LogP contribution in [0.1, 0.15) is 0 Å². The molecule has 0 unspecified atom stereocenters. The Balaban J connectivity index is 1.99. The number of hydrogen-bond acceptors (Lipinski definition) is 3. The van der Waals surface area contributed by atoms with Crippen LogP contribution in [-0.2, 0) is 0 Å². The molecule has 3 rings (SSSR count). The van der Waals surface area contributed by atoms with E-state index in [-0.39, 0.29) is 0 Å². The first-order chi connectivity index (χ1) is 9.63. The van der Waals surface area contributed by atoms with Crippen LogP contribution in [0.3, 0.4) is 0 Å². The fourth-order valence-corrected chi connectivity index (χ4v) is 3.34. The summed E-state index contributed by atoms with van der Waals surface area (Å²) in [6, 6.07) is 9.68. The summed E-state index contributed by atoms with van der Waals surface area (Å²) in [6.45, 7) is 0. The zero-order valence-electron chi connectivity index (χ0n) is 9.98. The first kappa shape index (κ1) is 14.0. The van der Waals surface area contributed by atoms with Crippen molar-refractivity contribution in [2.24, 2.45) is 0 Å². The minimum atomic E-state index is 0.509. The van der Waals surface area contributed by atoms with E-state index in [1.807, 2.05) is 29.6 Å². The fourth-order valence-electron chi connectivity index (χ4n) is 1.71. The molecule has 0 atom stereocenters. The number of pyridine rings is 1. The number of aromatic nitrogens is 2. The van der Waals surface area contributed by atoms with Crippen molar-refractivity contribution in [3.8, 4) is 22.0 Å². The average Bonchev–Trinajstić information content (AvgIpc) is 2.89. The molecule has 3 aromatic rings. The second kappa shape index (κ2) is 5.82. The molecule has 0 fully saturated rings. The fraction of sp³-hybridized carbons (Fsp3) is 0. The number of benzene rings is 1. The third-order valence-corrected chi connectivity index (χ3v) is 4.53. The SMILES string of the molecule is Clc1cnc(-c2nc(-c3ccc(Br)cc3)cs2)c(Cl)c1. The van der Waals surface area contributed by atoms with E-state index in [1.165, 1.54) is 11.3 Å². The molecule has 0 saturated carbocycles. The third-order valence-electron chi connectivity index (χ3n) is 2.65. The summed E-state index contributed by atoms with van der Waals surface area (Å²) in [5.74, 6) is 0. The molecule has 0 amide bonds. The molecule has 0 aliphatic rings. The lowest BCUT2D eigenvalue weighted by atomic mass is 10.2. The van der Waals surface area contributed by atoms with Gasteiger partial charge in [-0.15, -0.1) is 11.3 Å². The molecule has 20 heavy (non-hydrogen) atoms. The second-order valence-corrected chi connectivity index (χ2v) is 6.65. The molecule has 0 spiro atoms. The second-order valence-electron chi connectivity index (χ2n) is 4.03. The van der Waals surface area contributed by atoms with Gasteiger partial charge in [-0.3, -0.25) is 4.98 Å². The summed E-state index contributed by atoms with van der Waals surface area (Å²) in [6.07, 6.45) is 1.57. The third kappa shape index (κ3) is 2.88. The lowest BCUT2D eigenvalue weighted by Gasteiger charge is -1.99. The van der Waals surface area contributed by atoms with Gasteiger partial charge in [0.1, 0.15) is 10.7 Å². The highest BCUT2D eigenvalue weighted by molar-refractivity contribution is 9.10. The van der Waals surface area contributed by atoms with Gasteiger partial charge in [0, 0.05) is 21.6 Å². The summed E-state index contributed by atoms with van der Waals surface area (Å²) < 4.78 is 1.04. The maximum atomic E-state index is 6.15. The molecule has 0 bridgehead atoms. The van der Waals surface area contributed by atoms with Crippen molar-refractivity contribution in [3.63, 3.8) is 0 Å². The summed E-state index contributed by atoms with van der Waals surface area (Å²) in [7, 11) is 0. The van der Waals surface area contributed by atoms with E-state index in [9.17, 15) is 0 Å². The Bertz CT molecular complexity index is 756. The molecule has 0 aliphatic carbocycles. The van der Waals surface area contributed by atoms with E-state index in [4.69, 9.17) is 23.2 Å². The van der Waals surface area contributed by atoms with Crippen LogP contribution in [0.15, 0.2) is 46.4 Å². The topological polar surface area (TPSA) is 25.8 Å². The summed E-state index contributed by atoms with van der Waals surface area (Å²) in [5.41, 5.74) is 2.62. The maximum Gasteiger partial charge on any atom is 0.144 e. The van der Waals surface area contributed by atoms with Crippen molar-refractivity contribution >= 4 is 50.5 Å². The van der Waals surface area contributed by atoms with Crippen molar-refractivity contribution in [2.75, 3.05) is 0 Å². The molecule has 0 radical (unpaired) electrons. The van der Waals surface area contributed by atoms with Gasteiger partial charge in [0.25, 0.3) is 0 Å². The lowest BCUT2D eigenvalue weighted by molar-refractivity contribution is 1.29. The monoisotopic (exact) mass is 384 g/mol. The van der Waals surface area contributed by atoms with Crippen LogP contribution in [0, 0.1) is 0 Å². The standard InChI is InChI=1S/C14H7BrCl2N2S/c15-9-3-1-8(2-4-9)12-7-20-14(19-12)13-11(17)5-10(16)6-18-13/h1-7H. The van der Waals surface area contributed by atoms with Crippen molar-refractivity contribution < 1.29 is 0 Å². The van der Waals surface area contributed by atoms with Crippen LogP contribution in [-0.4, -0.2) is 9.97 Å². The maximum absolute atomic E-state index is 6.15. The molecule has 6 heteroatoms. The van der Waals surface area contributed by atoms with Crippen LogP contribution in [0.4, 0.5) is 0 Å². The molecule has 2 aromatic heterocycles. The zero-order valence-corrected chi connectivity index (χ0v) is 13.9. The van der Waals surface area contributed by atoms with E-state index in [2.05, 4.69) is 25.9 Å². The lowest BCUT2D eigenvalue weighted by Crippen LogP contribution is -1.85. The molecule has 2 nitrogen and oxygen atoms in total. The van der Waals surface area contributed by atoms with E-state index in [0.29, 0.717) is 15.7 Å². The Hall–Kier alpha value is -0.940. The largest absolute Gasteiger partial charge is 0.251 e. The summed E-state index contributed by atoms with van der Waals surface area (Å²) >= 11 is 16.9. The Kier molecular flexibility index (Phi) is 4.08. The van der Waals surface area contributed by atoms with Crippen LogP contribution >= 0.6 is 50.5 Å². The number of rotatable bonds is 2. The molecule has 1 aromatic carbocycles. The molecular formula is C14H7BrCl2N2S. The van der Waals surface area contributed by atoms with Crippen molar-refractivity contribution in [3.05, 3.63) is 56.4 Å². The molecule has 0 saturated heterocycles. The highest BCUT2D eigenvalue weighted by Gasteiger charge is 2.11. The summed E-state index contributed by atoms with van der Waals surface area (Å²) in [4.78, 5) is 8.83. The van der Waals surface area contributed by atoms with Gasteiger partial charge < -0.3 is 0 Å². The minimum absolute atomic E-state index is 0.509. The Morgan fingerprint density at radius 2 is 1.85 bits per heavy atom. The smallest absolute Gasteiger partial charge is 0.144 e. The zero-order chi connectivity index (χ0) is 14.1. The van der Waals surface area contributed by atoms with Crippen molar-refractivity contribution in [1.82, 2.24) is 9.97 Å². The van der Waals surface area contributed by atoms with Crippen molar-refractivity contribution in [2.45, 2.75) is 0 Å². The van der Waals surface area contributed by atoms with E-state index in [1.54, 1.807) is 12.3 Å². The number of thiazole rings is 1. The average molecular weight is 386 g/mol. The predicted octanol–water partition coefficient (Wildman–Crippen LogP) is 5.94. The van der Waals surface area contributed by atoms with E-state index >= 15 is 0 Å². The minimum Gasteiger partial charge on any atom is -0.251 e. The Morgan fingerprint density at radius 1 is 1.10 bits per heavy atom. The van der Waals surface area contributed by atoms with Crippen LogP contribution < -0.4 is 0 Å². The van der Waals surface area contributed by atoms with Crippen LogP contribution in [0.25, 0.3) is 22.0 Å². The van der Waals surface area contributed by atoms with Gasteiger partial charge >= 0.3 is 0 Å². The van der Waals surface area contributed by atoms with Gasteiger partial charge in [-0.2, -0.15) is 0 Å². The Morgan fingerprint density at radius 3 is 2.55 bits per heavy atom. The molecule has 100 valence electrons. The predicted molar refractivity (Wildman–Crippen MR) is 88.5 cm³/mol. The number of nitrogens with zero attached hydrogens (tertiary/aromatic N) is 2. The summed E-state index contributed by atoms with van der Waals surface area (Å²) in [5, 5.41) is 3.80. The van der Waals surface area contributed by atoms with Gasteiger partial charge in [0.05, 0.1) is 15.7 Å². The van der Waals surface area contributed by atoms with Gasteiger partial charge in [-0.1, -0.05) is 51.3 Å². The highest BCUT2D eigenvalue weighted by atomic mass is 79.9. The van der Waals surface area contributed by atoms with Crippen molar-refractivity contribution in [1.29, 1.82) is 0 Å². The highest BCUT2D eigenvalue weighted by Crippen LogP contribution is 2.33. The normalized spacial score (nSPS) is 10.8. The van der Waals surface area contributed by atoms with Gasteiger partial charge in [-0.25, -0.2) is 4.98 Å². The van der Waals surface area contributed by atoms with Crippen LogP contribution in [0.2, 0.25) is 10.0 Å². The van der Waals surface area contributed by atoms with E-state index < -0.39 is 0 Å². The van der Waals surface area contributed by atoms with Gasteiger partial charge in [0.15, 0.2) is 0 Å². The van der Waals surface area contributed by atoms with Gasteiger partial charge in [0.2, 0.25) is 0 Å².